The number of likely N-dealkylation sites (tertiary alicyclic amines) is 1. The van der Waals surface area contributed by atoms with Crippen molar-refractivity contribution in [3.63, 3.8) is 0 Å². The zero-order chi connectivity index (χ0) is 19.6. The number of nitrogens with one attached hydrogen (secondary N) is 1. The van der Waals surface area contributed by atoms with Gasteiger partial charge in [0.25, 0.3) is 0 Å². The number of nitrogens with zero attached hydrogens (tertiary/aromatic N) is 3. The highest BCUT2D eigenvalue weighted by molar-refractivity contribution is 8.15. The molecule has 4 rings (SSSR count). The third kappa shape index (κ3) is 3.80. The van der Waals surface area contributed by atoms with Crippen LogP contribution in [-0.2, 0) is 0 Å². The summed E-state index contributed by atoms with van der Waals surface area (Å²) >= 11 is 1.61. The molecule has 28 heavy (non-hydrogen) atoms. The molecule has 2 amide bonds. The summed E-state index contributed by atoms with van der Waals surface area (Å²) in [6, 6.07) is 15.7. The van der Waals surface area contributed by atoms with Gasteiger partial charge in [-0.05, 0) is 30.5 Å². The molecule has 0 saturated carbocycles. The Morgan fingerprint density at radius 3 is 2.39 bits per heavy atom. The fourth-order valence-electron chi connectivity index (χ4n) is 3.48. The number of hydrogen-bond donors (Lipinski definition) is 1. The summed E-state index contributed by atoms with van der Waals surface area (Å²) in [5, 5.41) is 3.77. The van der Waals surface area contributed by atoms with Crippen molar-refractivity contribution >= 4 is 34.2 Å². The fraction of sp³-hybridized carbons (Fsp3) is 0.286. The number of thioether (sulfide) groups is 1. The minimum absolute atomic E-state index is 0.180. The van der Waals surface area contributed by atoms with Crippen molar-refractivity contribution in [2.75, 3.05) is 24.7 Å². The van der Waals surface area contributed by atoms with Crippen molar-refractivity contribution in [2.45, 2.75) is 18.5 Å². The number of carbonyl (C=O) groups excluding carboxylic acids is 1. The number of amides is 2. The van der Waals surface area contributed by atoms with Gasteiger partial charge in [0.1, 0.15) is 10.9 Å². The van der Waals surface area contributed by atoms with Gasteiger partial charge in [-0.3, -0.25) is 4.99 Å². The average Bonchev–Trinajstić information content (AvgIpc) is 3.09. The van der Waals surface area contributed by atoms with Crippen molar-refractivity contribution < 1.29 is 9.18 Å². The first-order valence-electron chi connectivity index (χ1n) is 9.20. The second kappa shape index (κ2) is 7.75. The number of anilines is 1. The van der Waals surface area contributed by atoms with Crippen LogP contribution in [0.15, 0.2) is 64.6 Å². The smallest absolute Gasteiger partial charge is 0.321 e. The molecule has 2 aromatic rings. The van der Waals surface area contributed by atoms with Gasteiger partial charge < -0.3 is 10.2 Å². The number of rotatable bonds is 2. The van der Waals surface area contributed by atoms with Crippen LogP contribution in [0.4, 0.5) is 14.9 Å². The fourth-order valence-corrected chi connectivity index (χ4v) is 4.09. The lowest BCUT2D eigenvalue weighted by atomic mass is 9.98. The van der Waals surface area contributed by atoms with E-state index in [2.05, 4.69) is 17.4 Å². The molecule has 0 bridgehead atoms. The molecule has 1 saturated heterocycles. The highest BCUT2D eigenvalue weighted by Gasteiger charge is 2.40. The van der Waals surface area contributed by atoms with Crippen LogP contribution in [0.5, 0.6) is 0 Å². The summed E-state index contributed by atoms with van der Waals surface area (Å²) in [6.45, 7) is 1.15. The Morgan fingerprint density at radius 2 is 1.75 bits per heavy atom. The molecule has 0 radical (unpaired) electrons. The third-order valence-corrected chi connectivity index (χ3v) is 5.69. The Kier molecular flexibility index (Phi) is 5.17. The van der Waals surface area contributed by atoms with Crippen LogP contribution < -0.4 is 5.32 Å². The zero-order valence-electron chi connectivity index (χ0n) is 15.6. The number of urea groups is 1. The molecular weight excluding hydrogens is 375 g/mol. The normalized spacial score (nSPS) is 18.0. The highest BCUT2D eigenvalue weighted by Crippen LogP contribution is 2.35. The lowest BCUT2D eigenvalue weighted by Crippen LogP contribution is -2.46. The molecular formula is C21H21FN4OS. The van der Waals surface area contributed by atoms with Gasteiger partial charge in [0.15, 0.2) is 5.66 Å². The quantitative estimate of drug-likeness (QED) is 0.817. The van der Waals surface area contributed by atoms with E-state index in [9.17, 15) is 9.18 Å². The first kappa shape index (κ1) is 18.7. The maximum absolute atomic E-state index is 13.0. The number of hydrogen-bond acceptors (Lipinski definition) is 4. The highest BCUT2D eigenvalue weighted by atomic mass is 32.2. The van der Waals surface area contributed by atoms with E-state index in [0.717, 1.165) is 16.3 Å². The SMILES string of the molecule is CSC1=NC2(CCN(C(=O)Nc3ccc(F)cc3)CC2)N=C1c1ccccc1. The molecule has 0 atom stereocenters. The number of carbonyl (C=O) groups is 1. The second-order valence-corrected chi connectivity index (χ2v) is 7.65. The summed E-state index contributed by atoms with van der Waals surface area (Å²) in [5.74, 6) is -0.325. The van der Waals surface area contributed by atoms with Gasteiger partial charge in [0, 0.05) is 37.2 Å². The minimum Gasteiger partial charge on any atom is -0.324 e. The molecule has 7 heteroatoms. The van der Waals surface area contributed by atoms with Gasteiger partial charge in [-0.25, -0.2) is 14.2 Å². The number of halogens is 1. The molecule has 2 aromatic carbocycles. The Morgan fingerprint density at radius 1 is 1.07 bits per heavy atom. The van der Waals surface area contributed by atoms with Crippen molar-refractivity contribution in [2.24, 2.45) is 9.98 Å². The Balaban J connectivity index is 1.44. The summed E-state index contributed by atoms with van der Waals surface area (Å²) in [4.78, 5) is 24.2. The summed E-state index contributed by atoms with van der Waals surface area (Å²) in [5.41, 5.74) is 2.12. The number of piperidine rings is 1. The standard InChI is InChI=1S/C21H21FN4OS/c1-28-19-18(15-5-3-2-4-6-15)24-21(25-19)11-13-26(14-12-21)20(27)23-17-9-7-16(22)8-10-17/h2-10H,11-14H2,1H3,(H,23,27). The first-order chi connectivity index (χ1) is 13.6. The van der Waals surface area contributed by atoms with E-state index in [1.165, 1.54) is 12.1 Å². The lowest BCUT2D eigenvalue weighted by Gasteiger charge is -2.35. The number of benzene rings is 2. The van der Waals surface area contributed by atoms with Crippen LogP contribution in [0, 0.1) is 5.82 Å². The molecule has 0 unspecified atom stereocenters. The van der Waals surface area contributed by atoms with Crippen LogP contribution >= 0.6 is 11.8 Å². The van der Waals surface area contributed by atoms with Crippen LogP contribution in [-0.4, -0.2) is 46.7 Å². The Labute approximate surface area is 167 Å². The second-order valence-electron chi connectivity index (χ2n) is 6.85. The van der Waals surface area contributed by atoms with Crippen LogP contribution in [0.3, 0.4) is 0 Å². The van der Waals surface area contributed by atoms with E-state index < -0.39 is 5.66 Å². The van der Waals surface area contributed by atoms with Gasteiger partial charge in [-0.15, -0.1) is 11.8 Å². The minimum atomic E-state index is -0.476. The Hall–Kier alpha value is -2.67. The number of aliphatic imine (C=N–C) groups is 2. The zero-order valence-corrected chi connectivity index (χ0v) is 16.4. The molecule has 2 aliphatic heterocycles. The molecule has 0 aromatic heterocycles. The summed E-state index contributed by atoms with van der Waals surface area (Å²) in [6.07, 6.45) is 3.38. The van der Waals surface area contributed by atoms with E-state index in [0.29, 0.717) is 31.6 Å². The Bertz CT molecular complexity index is 919. The molecule has 5 nitrogen and oxygen atoms in total. The largest absolute Gasteiger partial charge is 0.324 e. The summed E-state index contributed by atoms with van der Waals surface area (Å²) < 4.78 is 13.0. The van der Waals surface area contributed by atoms with E-state index in [1.807, 2.05) is 24.5 Å². The third-order valence-electron chi connectivity index (χ3n) is 5.02. The van der Waals surface area contributed by atoms with E-state index in [1.54, 1.807) is 28.8 Å². The lowest BCUT2D eigenvalue weighted by molar-refractivity contribution is 0.175. The average molecular weight is 396 g/mol. The molecule has 2 aliphatic rings. The maximum Gasteiger partial charge on any atom is 0.321 e. The maximum atomic E-state index is 13.0. The first-order valence-corrected chi connectivity index (χ1v) is 10.4. The molecule has 144 valence electrons. The molecule has 1 spiro atoms. The van der Waals surface area contributed by atoms with E-state index in [4.69, 9.17) is 9.98 Å². The van der Waals surface area contributed by atoms with Gasteiger partial charge in [0.05, 0.1) is 5.71 Å². The predicted octanol–water partition coefficient (Wildman–Crippen LogP) is 4.41. The van der Waals surface area contributed by atoms with Crippen molar-refractivity contribution in [1.29, 1.82) is 0 Å². The predicted molar refractivity (Wildman–Crippen MR) is 113 cm³/mol. The van der Waals surface area contributed by atoms with Gasteiger partial charge >= 0.3 is 6.03 Å². The van der Waals surface area contributed by atoms with Crippen molar-refractivity contribution in [3.8, 4) is 0 Å². The van der Waals surface area contributed by atoms with E-state index >= 15 is 0 Å². The van der Waals surface area contributed by atoms with Gasteiger partial charge in [0.2, 0.25) is 0 Å². The van der Waals surface area contributed by atoms with Gasteiger partial charge in [-0.2, -0.15) is 0 Å². The van der Waals surface area contributed by atoms with Crippen molar-refractivity contribution in [3.05, 3.63) is 66.0 Å². The molecule has 2 heterocycles. The van der Waals surface area contributed by atoms with Gasteiger partial charge in [-0.1, -0.05) is 30.3 Å². The molecule has 0 aliphatic carbocycles. The van der Waals surface area contributed by atoms with Crippen LogP contribution in [0.2, 0.25) is 0 Å². The van der Waals surface area contributed by atoms with Crippen LogP contribution in [0.1, 0.15) is 18.4 Å². The van der Waals surface area contributed by atoms with E-state index in [-0.39, 0.29) is 11.8 Å². The topological polar surface area (TPSA) is 57.1 Å². The van der Waals surface area contributed by atoms with Crippen molar-refractivity contribution in [1.82, 2.24) is 4.90 Å². The molecule has 1 fully saturated rings. The molecule has 1 N–H and O–H groups in total. The monoisotopic (exact) mass is 396 g/mol. The summed E-state index contributed by atoms with van der Waals surface area (Å²) in [7, 11) is 0. The van der Waals surface area contributed by atoms with Crippen LogP contribution in [0.25, 0.3) is 0 Å².